The van der Waals surface area contributed by atoms with Crippen molar-refractivity contribution < 1.29 is 9.50 Å². The molecule has 2 rings (SSSR count). The first-order valence-corrected chi connectivity index (χ1v) is 6.72. The third kappa shape index (κ3) is 3.82. The van der Waals surface area contributed by atoms with Crippen LogP contribution in [0.25, 0.3) is 0 Å². The van der Waals surface area contributed by atoms with Gasteiger partial charge in [0.15, 0.2) is 0 Å². The maximum absolute atomic E-state index is 13.3. The van der Waals surface area contributed by atoms with Crippen LogP contribution in [0.5, 0.6) is 0 Å². The molecule has 0 aromatic heterocycles. The highest BCUT2D eigenvalue weighted by Gasteiger charge is 2.02. The summed E-state index contributed by atoms with van der Waals surface area (Å²) in [6.07, 6.45) is 0. The molecule has 0 aliphatic heterocycles. The molecule has 0 saturated carbocycles. The van der Waals surface area contributed by atoms with E-state index in [9.17, 15) is 4.39 Å². The fourth-order valence-corrected chi connectivity index (χ4v) is 2.48. The molecule has 0 heterocycles. The summed E-state index contributed by atoms with van der Waals surface area (Å²) in [5.41, 5.74) is 1.99. The molecule has 0 aliphatic carbocycles. The summed E-state index contributed by atoms with van der Waals surface area (Å²) in [6.45, 7) is 0.0281. The van der Waals surface area contributed by atoms with Crippen LogP contribution in [0.1, 0.15) is 16.7 Å². The Morgan fingerprint density at radius 1 is 1.11 bits per heavy atom. The summed E-state index contributed by atoms with van der Waals surface area (Å²) >= 11 is 1.56. The smallest absolute Gasteiger partial charge is 0.124 e. The molecular weight excluding hydrogens is 261 g/mol. The normalized spacial score (nSPS) is 10.2. The Labute approximate surface area is 115 Å². The SMILES string of the molecule is N#Cc1cc(F)cc(CSc2ccc(CO)cc2)c1. The predicted molar refractivity (Wildman–Crippen MR) is 73.0 cm³/mol. The van der Waals surface area contributed by atoms with Gasteiger partial charge in [-0.2, -0.15) is 5.26 Å². The number of hydrogen-bond acceptors (Lipinski definition) is 3. The molecule has 0 aliphatic rings. The van der Waals surface area contributed by atoms with Crippen molar-refractivity contribution in [2.24, 2.45) is 0 Å². The Morgan fingerprint density at radius 3 is 2.47 bits per heavy atom. The zero-order chi connectivity index (χ0) is 13.7. The zero-order valence-electron chi connectivity index (χ0n) is 10.1. The molecule has 96 valence electrons. The highest BCUT2D eigenvalue weighted by molar-refractivity contribution is 7.98. The van der Waals surface area contributed by atoms with Crippen molar-refractivity contribution in [1.82, 2.24) is 0 Å². The first-order chi connectivity index (χ1) is 9.21. The number of hydrogen-bond donors (Lipinski definition) is 1. The van der Waals surface area contributed by atoms with Gasteiger partial charge in [0.05, 0.1) is 18.2 Å². The van der Waals surface area contributed by atoms with Crippen molar-refractivity contribution >= 4 is 11.8 Å². The van der Waals surface area contributed by atoms with Crippen LogP contribution in [0, 0.1) is 17.1 Å². The number of thioether (sulfide) groups is 1. The van der Waals surface area contributed by atoms with E-state index in [4.69, 9.17) is 10.4 Å². The molecular formula is C15H12FNOS. The van der Waals surface area contributed by atoms with Gasteiger partial charge in [0.1, 0.15) is 5.82 Å². The van der Waals surface area contributed by atoms with E-state index in [0.717, 1.165) is 16.0 Å². The van der Waals surface area contributed by atoms with Crippen molar-refractivity contribution in [3.05, 3.63) is 65.0 Å². The molecule has 19 heavy (non-hydrogen) atoms. The molecule has 2 aromatic carbocycles. The number of aliphatic hydroxyl groups excluding tert-OH is 1. The molecule has 0 unspecified atom stereocenters. The molecule has 2 nitrogen and oxygen atoms in total. The molecule has 0 saturated heterocycles. The Hall–Kier alpha value is -1.83. The average molecular weight is 273 g/mol. The lowest BCUT2D eigenvalue weighted by Gasteiger charge is -2.04. The quantitative estimate of drug-likeness (QED) is 0.867. The van der Waals surface area contributed by atoms with E-state index in [1.54, 1.807) is 17.8 Å². The minimum Gasteiger partial charge on any atom is -0.392 e. The molecule has 1 N–H and O–H groups in total. The second-order valence-corrected chi connectivity index (χ2v) is 5.10. The molecule has 0 atom stereocenters. The molecule has 0 amide bonds. The fraction of sp³-hybridized carbons (Fsp3) is 0.133. The predicted octanol–water partition coefficient (Wildman–Crippen LogP) is 3.48. The number of aliphatic hydroxyl groups is 1. The van der Waals surface area contributed by atoms with Gasteiger partial charge in [-0.1, -0.05) is 12.1 Å². The molecule has 0 bridgehead atoms. The fourth-order valence-electron chi connectivity index (χ4n) is 1.66. The molecule has 0 radical (unpaired) electrons. The van der Waals surface area contributed by atoms with Crippen LogP contribution in [-0.2, 0) is 12.4 Å². The van der Waals surface area contributed by atoms with Gasteiger partial charge in [-0.15, -0.1) is 11.8 Å². The maximum atomic E-state index is 13.3. The van der Waals surface area contributed by atoms with Crippen molar-refractivity contribution in [3.63, 3.8) is 0 Å². The van der Waals surface area contributed by atoms with E-state index in [1.807, 2.05) is 30.3 Å². The van der Waals surface area contributed by atoms with Crippen LogP contribution in [0.4, 0.5) is 4.39 Å². The zero-order valence-corrected chi connectivity index (χ0v) is 11.0. The van der Waals surface area contributed by atoms with Crippen molar-refractivity contribution in [1.29, 1.82) is 5.26 Å². The van der Waals surface area contributed by atoms with E-state index in [2.05, 4.69) is 0 Å². The van der Waals surface area contributed by atoms with Gasteiger partial charge in [0.25, 0.3) is 0 Å². The third-order valence-electron chi connectivity index (χ3n) is 2.60. The van der Waals surface area contributed by atoms with Gasteiger partial charge >= 0.3 is 0 Å². The molecule has 0 spiro atoms. The van der Waals surface area contributed by atoms with Crippen molar-refractivity contribution in [2.45, 2.75) is 17.3 Å². The lowest BCUT2D eigenvalue weighted by molar-refractivity contribution is 0.282. The van der Waals surface area contributed by atoms with Crippen LogP contribution in [0.2, 0.25) is 0 Å². The first-order valence-electron chi connectivity index (χ1n) is 5.73. The van der Waals surface area contributed by atoms with Crippen LogP contribution >= 0.6 is 11.8 Å². The minimum atomic E-state index is -0.384. The lowest BCUT2D eigenvalue weighted by Crippen LogP contribution is -1.87. The monoisotopic (exact) mass is 273 g/mol. The van der Waals surface area contributed by atoms with E-state index in [0.29, 0.717) is 11.3 Å². The topological polar surface area (TPSA) is 44.0 Å². The molecule has 0 fully saturated rings. The number of nitriles is 1. The second-order valence-electron chi connectivity index (χ2n) is 4.05. The van der Waals surface area contributed by atoms with Crippen molar-refractivity contribution in [2.75, 3.05) is 0 Å². The van der Waals surface area contributed by atoms with Crippen LogP contribution in [0.3, 0.4) is 0 Å². The van der Waals surface area contributed by atoms with Gasteiger partial charge in [-0.25, -0.2) is 4.39 Å². The van der Waals surface area contributed by atoms with Gasteiger partial charge in [0.2, 0.25) is 0 Å². The third-order valence-corrected chi connectivity index (χ3v) is 3.68. The van der Waals surface area contributed by atoms with Gasteiger partial charge < -0.3 is 5.11 Å². The van der Waals surface area contributed by atoms with E-state index in [1.165, 1.54) is 12.1 Å². The Kier molecular flexibility index (Phi) is 4.56. The van der Waals surface area contributed by atoms with Crippen LogP contribution in [-0.4, -0.2) is 5.11 Å². The Balaban J connectivity index is 2.05. The number of benzene rings is 2. The summed E-state index contributed by atoms with van der Waals surface area (Å²) in [6, 6.07) is 13.9. The van der Waals surface area contributed by atoms with Gasteiger partial charge in [0, 0.05) is 10.6 Å². The van der Waals surface area contributed by atoms with Crippen molar-refractivity contribution in [3.8, 4) is 6.07 Å². The largest absolute Gasteiger partial charge is 0.392 e. The highest BCUT2D eigenvalue weighted by Crippen LogP contribution is 2.24. The Morgan fingerprint density at radius 2 is 1.84 bits per heavy atom. The first kappa shape index (κ1) is 13.6. The van der Waals surface area contributed by atoms with E-state index >= 15 is 0 Å². The molecule has 4 heteroatoms. The molecule has 2 aromatic rings. The standard InChI is InChI=1S/C15H12FNOS/c16-14-6-12(8-17)5-13(7-14)10-19-15-3-1-11(9-18)2-4-15/h1-7,18H,9-10H2. The summed E-state index contributed by atoms with van der Waals surface area (Å²) in [4.78, 5) is 1.04. The second kappa shape index (κ2) is 6.37. The lowest BCUT2D eigenvalue weighted by atomic mass is 10.1. The summed E-state index contributed by atoms with van der Waals surface area (Å²) in [5, 5.41) is 17.7. The van der Waals surface area contributed by atoms with Crippen LogP contribution < -0.4 is 0 Å². The summed E-state index contributed by atoms with van der Waals surface area (Å²) < 4.78 is 13.3. The minimum absolute atomic E-state index is 0.0281. The summed E-state index contributed by atoms with van der Waals surface area (Å²) in [5.74, 6) is 0.218. The van der Waals surface area contributed by atoms with Gasteiger partial charge in [-0.05, 0) is 41.5 Å². The Bertz CT molecular complexity index is 605. The van der Waals surface area contributed by atoms with E-state index < -0.39 is 0 Å². The van der Waals surface area contributed by atoms with E-state index in [-0.39, 0.29) is 12.4 Å². The number of rotatable bonds is 4. The maximum Gasteiger partial charge on any atom is 0.124 e. The summed E-state index contributed by atoms with van der Waals surface area (Å²) in [7, 11) is 0. The van der Waals surface area contributed by atoms with Crippen LogP contribution in [0.15, 0.2) is 47.4 Å². The van der Waals surface area contributed by atoms with Gasteiger partial charge in [-0.3, -0.25) is 0 Å². The average Bonchev–Trinajstić information content (AvgIpc) is 2.45. The highest BCUT2D eigenvalue weighted by atomic mass is 32.2. The number of halogens is 1. The number of nitrogens with zero attached hydrogens (tertiary/aromatic N) is 1.